The first kappa shape index (κ1) is 18.1. The number of aromatic nitrogens is 1. The van der Waals surface area contributed by atoms with Gasteiger partial charge < -0.3 is 4.90 Å². The zero-order chi connectivity index (χ0) is 18.7. The molecule has 5 nitrogen and oxygen atoms in total. The van der Waals surface area contributed by atoms with Crippen LogP contribution < -0.4 is 10.3 Å². The molecule has 0 spiro atoms. The Morgan fingerprint density at radius 1 is 1.42 bits per heavy atom. The number of pyridine rings is 1. The summed E-state index contributed by atoms with van der Waals surface area (Å²) in [6, 6.07) is 9.83. The predicted molar refractivity (Wildman–Crippen MR) is 106 cm³/mol. The number of nitrogens with zero attached hydrogens (tertiary/aromatic N) is 3. The Morgan fingerprint density at radius 2 is 2.23 bits per heavy atom. The molecule has 1 amide bonds. The fraction of sp³-hybridized carbons (Fsp3) is 0.381. The lowest BCUT2D eigenvalue weighted by atomic mass is 9.79. The summed E-state index contributed by atoms with van der Waals surface area (Å²) in [6.45, 7) is 10.1. The summed E-state index contributed by atoms with van der Waals surface area (Å²) in [5, 5.41) is 4.09. The lowest BCUT2D eigenvalue weighted by Gasteiger charge is -2.47. The van der Waals surface area contributed by atoms with Crippen molar-refractivity contribution in [2.45, 2.75) is 45.6 Å². The largest absolute Gasteiger partial charge is 0.366 e. The van der Waals surface area contributed by atoms with E-state index in [0.717, 1.165) is 18.5 Å². The molecule has 1 N–H and O–H groups in total. The standard InChI is InChI=1S/C21H26N4O/c1-5-25-19-9-8-16(11-18(19)15(2)12-21(25,3)4)13-23-24-20(26)17-7-6-10-22-14-17/h6-11,13-15H,5,12H2,1-4H3,(H,24,26)/b23-13-/t15-/m1/s1. The fourth-order valence-electron chi connectivity index (χ4n) is 3.91. The van der Waals surface area contributed by atoms with E-state index in [-0.39, 0.29) is 11.4 Å². The number of hydrazone groups is 1. The minimum Gasteiger partial charge on any atom is -0.366 e. The highest BCUT2D eigenvalue weighted by Crippen LogP contribution is 2.43. The fourth-order valence-corrected chi connectivity index (χ4v) is 3.91. The number of amides is 1. The molecule has 1 aromatic heterocycles. The molecule has 0 aliphatic carbocycles. The van der Waals surface area contributed by atoms with Crippen LogP contribution in [0.1, 0.15) is 61.5 Å². The topological polar surface area (TPSA) is 57.6 Å². The van der Waals surface area contributed by atoms with Gasteiger partial charge in [0.25, 0.3) is 5.91 Å². The molecular weight excluding hydrogens is 324 g/mol. The Balaban J connectivity index is 1.77. The second-order valence-electron chi connectivity index (χ2n) is 7.42. The van der Waals surface area contributed by atoms with Gasteiger partial charge in [0.15, 0.2) is 0 Å². The second-order valence-corrected chi connectivity index (χ2v) is 7.42. The van der Waals surface area contributed by atoms with Gasteiger partial charge in [-0.1, -0.05) is 13.0 Å². The number of nitrogens with one attached hydrogen (secondary N) is 1. The first-order valence-electron chi connectivity index (χ1n) is 9.07. The van der Waals surface area contributed by atoms with Crippen LogP contribution in [0.3, 0.4) is 0 Å². The number of hydrogen-bond donors (Lipinski definition) is 1. The molecule has 0 bridgehead atoms. The van der Waals surface area contributed by atoms with Crippen molar-refractivity contribution in [3.05, 3.63) is 59.4 Å². The van der Waals surface area contributed by atoms with E-state index in [1.807, 2.05) is 0 Å². The molecule has 1 aliphatic rings. The minimum absolute atomic E-state index is 0.161. The van der Waals surface area contributed by atoms with Gasteiger partial charge in [-0.3, -0.25) is 9.78 Å². The third kappa shape index (κ3) is 3.62. The van der Waals surface area contributed by atoms with Gasteiger partial charge in [-0.05, 0) is 68.5 Å². The molecule has 0 saturated carbocycles. The van der Waals surface area contributed by atoms with Crippen LogP contribution in [0.2, 0.25) is 0 Å². The molecular formula is C21H26N4O. The van der Waals surface area contributed by atoms with Gasteiger partial charge >= 0.3 is 0 Å². The molecule has 136 valence electrons. The van der Waals surface area contributed by atoms with Crippen molar-refractivity contribution in [3.63, 3.8) is 0 Å². The van der Waals surface area contributed by atoms with E-state index in [2.05, 4.69) is 66.3 Å². The molecule has 2 aromatic rings. The highest BCUT2D eigenvalue weighted by Gasteiger charge is 2.35. The molecule has 0 saturated heterocycles. The molecule has 5 heteroatoms. The normalized spacial score (nSPS) is 18.6. The van der Waals surface area contributed by atoms with Gasteiger partial charge in [-0.25, -0.2) is 5.43 Å². The number of fused-ring (bicyclic) bond motifs is 1. The Bertz CT molecular complexity index is 814. The third-order valence-electron chi connectivity index (χ3n) is 5.03. The van der Waals surface area contributed by atoms with Gasteiger partial charge in [-0.15, -0.1) is 0 Å². The van der Waals surface area contributed by atoms with Crippen molar-refractivity contribution in [2.75, 3.05) is 11.4 Å². The number of rotatable bonds is 4. The van der Waals surface area contributed by atoms with Crippen LogP contribution in [0.4, 0.5) is 5.69 Å². The third-order valence-corrected chi connectivity index (χ3v) is 5.03. The minimum atomic E-state index is -0.264. The Kier molecular flexibility index (Phi) is 5.07. The van der Waals surface area contributed by atoms with Crippen LogP contribution >= 0.6 is 0 Å². The summed E-state index contributed by atoms with van der Waals surface area (Å²) >= 11 is 0. The maximum Gasteiger partial charge on any atom is 0.272 e. The first-order valence-corrected chi connectivity index (χ1v) is 9.07. The van der Waals surface area contributed by atoms with Crippen molar-refractivity contribution in [1.29, 1.82) is 0 Å². The maximum absolute atomic E-state index is 12.0. The van der Waals surface area contributed by atoms with Crippen LogP contribution in [0.5, 0.6) is 0 Å². The SMILES string of the molecule is CCN1c2ccc(/C=N\NC(=O)c3cccnc3)cc2[C@H](C)CC1(C)C. The quantitative estimate of drug-likeness (QED) is 0.671. The summed E-state index contributed by atoms with van der Waals surface area (Å²) in [5.41, 5.74) is 6.83. The van der Waals surface area contributed by atoms with E-state index in [1.165, 1.54) is 17.4 Å². The van der Waals surface area contributed by atoms with Crippen molar-refractivity contribution < 1.29 is 4.79 Å². The summed E-state index contributed by atoms with van der Waals surface area (Å²) in [6.07, 6.45) is 5.96. The molecule has 2 heterocycles. The van der Waals surface area contributed by atoms with Crippen LogP contribution in [0.25, 0.3) is 0 Å². The predicted octanol–water partition coefficient (Wildman–Crippen LogP) is 3.96. The van der Waals surface area contributed by atoms with E-state index >= 15 is 0 Å². The lowest BCUT2D eigenvalue weighted by Crippen LogP contribution is -2.48. The second kappa shape index (κ2) is 7.28. The average Bonchev–Trinajstić information content (AvgIpc) is 2.62. The van der Waals surface area contributed by atoms with Crippen LogP contribution in [0, 0.1) is 0 Å². The van der Waals surface area contributed by atoms with Crippen LogP contribution in [-0.2, 0) is 0 Å². The highest BCUT2D eigenvalue weighted by atomic mass is 16.2. The molecule has 1 atom stereocenters. The number of carbonyl (C=O) groups excluding carboxylic acids is 1. The highest BCUT2D eigenvalue weighted by molar-refractivity contribution is 5.94. The van der Waals surface area contributed by atoms with E-state index in [9.17, 15) is 4.79 Å². The van der Waals surface area contributed by atoms with Gasteiger partial charge in [0.2, 0.25) is 0 Å². The summed E-state index contributed by atoms with van der Waals surface area (Å²) in [4.78, 5) is 18.4. The Labute approximate surface area is 155 Å². The van der Waals surface area contributed by atoms with Gasteiger partial charge in [0.05, 0.1) is 11.8 Å². The lowest BCUT2D eigenvalue weighted by molar-refractivity contribution is 0.0955. The Hall–Kier alpha value is -2.69. The number of benzene rings is 1. The number of carbonyl (C=O) groups is 1. The molecule has 3 rings (SSSR count). The van der Waals surface area contributed by atoms with Crippen LogP contribution in [-0.4, -0.2) is 29.2 Å². The monoisotopic (exact) mass is 350 g/mol. The molecule has 0 fully saturated rings. The van der Waals surface area contributed by atoms with Crippen LogP contribution in [0.15, 0.2) is 47.8 Å². The molecule has 0 radical (unpaired) electrons. The summed E-state index contributed by atoms with van der Waals surface area (Å²) in [5.74, 6) is 0.223. The van der Waals surface area contributed by atoms with E-state index in [1.54, 1.807) is 24.5 Å². The van der Waals surface area contributed by atoms with Gasteiger partial charge in [0.1, 0.15) is 0 Å². The summed E-state index contributed by atoms with van der Waals surface area (Å²) in [7, 11) is 0. The maximum atomic E-state index is 12.0. The zero-order valence-electron chi connectivity index (χ0n) is 15.9. The van der Waals surface area contributed by atoms with Gasteiger partial charge in [0, 0.05) is 30.2 Å². The average molecular weight is 350 g/mol. The van der Waals surface area contributed by atoms with E-state index in [0.29, 0.717) is 11.5 Å². The van der Waals surface area contributed by atoms with Crippen molar-refractivity contribution in [1.82, 2.24) is 10.4 Å². The number of anilines is 1. The number of hydrogen-bond acceptors (Lipinski definition) is 4. The van der Waals surface area contributed by atoms with Crippen molar-refractivity contribution in [2.24, 2.45) is 5.10 Å². The van der Waals surface area contributed by atoms with Crippen molar-refractivity contribution in [3.8, 4) is 0 Å². The molecule has 1 aliphatic heterocycles. The molecule has 26 heavy (non-hydrogen) atoms. The van der Waals surface area contributed by atoms with Crippen molar-refractivity contribution >= 4 is 17.8 Å². The van der Waals surface area contributed by atoms with E-state index in [4.69, 9.17) is 0 Å². The Morgan fingerprint density at radius 3 is 2.92 bits per heavy atom. The summed E-state index contributed by atoms with van der Waals surface area (Å²) < 4.78 is 0. The first-order chi connectivity index (χ1) is 12.4. The zero-order valence-corrected chi connectivity index (χ0v) is 15.9. The van der Waals surface area contributed by atoms with E-state index < -0.39 is 0 Å². The molecule has 0 unspecified atom stereocenters. The molecule has 1 aromatic carbocycles. The smallest absolute Gasteiger partial charge is 0.272 e. The van der Waals surface area contributed by atoms with Gasteiger partial charge in [-0.2, -0.15) is 5.10 Å².